The van der Waals surface area contributed by atoms with E-state index in [0.717, 1.165) is 5.56 Å². The summed E-state index contributed by atoms with van der Waals surface area (Å²) in [5.41, 5.74) is 1.40. The van der Waals surface area contributed by atoms with Crippen LogP contribution in [0.1, 0.15) is 17.0 Å². The second-order valence-corrected chi connectivity index (χ2v) is 3.86. The van der Waals surface area contributed by atoms with Crippen molar-refractivity contribution in [2.45, 2.75) is 0 Å². The van der Waals surface area contributed by atoms with Crippen molar-refractivity contribution in [2.24, 2.45) is 7.05 Å². The van der Waals surface area contributed by atoms with Crippen LogP contribution in [0.25, 0.3) is 12.2 Å². The minimum Gasteiger partial charge on any atom is -0.358 e. The first kappa shape index (κ1) is 12.5. The van der Waals surface area contributed by atoms with Gasteiger partial charge in [0.25, 0.3) is 0 Å². The largest absolute Gasteiger partial charge is 0.358 e. The van der Waals surface area contributed by atoms with Crippen molar-refractivity contribution in [1.29, 1.82) is 5.26 Å². The summed E-state index contributed by atoms with van der Waals surface area (Å²) >= 11 is 0. The lowest BCUT2D eigenvalue weighted by molar-refractivity contribution is -0.391. The zero-order valence-corrected chi connectivity index (χ0v) is 10.1. The standard InChI is InChI=1S/C13H10N4O2/c1-16-12(15-9-13(16)17(18)19)6-5-10-3-2-4-11(7-10)8-14/h2-7,9H,1H3/b6-5+. The average molecular weight is 254 g/mol. The van der Waals surface area contributed by atoms with Gasteiger partial charge >= 0.3 is 5.82 Å². The summed E-state index contributed by atoms with van der Waals surface area (Å²) in [6.07, 6.45) is 4.64. The quantitative estimate of drug-likeness (QED) is 0.621. The molecule has 94 valence electrons. The molecule has 0 unspecified atom stereocenters. The molecule has 0 aliphatic heterocycles. The maximum atomic E-state index is 10.7. The number of imidazole rings is 1. The predicted octanol–water partition coefficient (Wildman–Crippen LogP) is 2.37. The molecule has 1 aromatic heterocycles. The van der Waals surface area contributed by atoms with Crippen molar-refractivity contribution in [3.8, 4) is 6.07 Å². The lowest BCUT2D eigenvalue weighted by Crippen LogP contribution is -1.98. The molecule has 0 radical (unpaired) electrons. The Kier molecular flexibility index (Phi) is 3.39. The molecule has 0 saturated carbocycles. The van der Waals surface area contributed by atoms with E-state index < -0.39 is 4.92 Å². The molecule has 2 aromatic rings. The van der Waals surface area contributed by atoms with Crippen LogP contribution in [-0.4, -0.2) is 14.5 Å². The van der Waals surface area contributed by atoms with Gasteiger partial charge in [0.15, 0.2) is 0 Å². The second-order valence-electron chi connectivity index (χ2n) is 3.86. The maximum absolute atomic E-state index is 10.7. The Bertz CT molecular complexity index is 695. The Morgan fingerprint density at radius 3 is 2.89 bits per heavy atom. The molecule has 0 aliphatic carbocycles. The SMILES string of the molecule is Cn1c([N+](=O)[O-])cnc1/C=C/c1cccc(C#N)c1. The Labute approximate surface area is 109 Å². The van der Waals surface area contributed by atoms with Gasteiger partial charge in [-0.1, -0.05) is 12.1 Å². The molecule has 6 heteroatoms. The summed E-state index contributed by atoms with van der Waals surface area (Å²) in [6, 6.07) is 9.11. The maximum Gasteiger partial charge on any atom is 0.342 e. The van der Waals surface area contributed by atoms with Gasteiger partial charge in [0.1, 0.15) is 6.20 Å². The van der Waals surface area contributed by atoms with Crippen LogP contribution >= 0.6 is 0 Å². The number of rotatable bonds is 3. The molecule has 0 bridgehead atoms. The number of benzene rings is 1. The molecular formula is C13H10N4O2. The Balaban J connectivity index is 2.28. The number of hydrogen-bond acceptors (Lipinski definition) is 4. The lowest BCUT2D eigenvalue weighted by Gasteiger charge is -1.95. The fourth-order valence-corrected chi connectivity index (χ4v) is 1.62. The summed E-state index contributed by atoms with van der Waals surface area (Å²) in [5, 5.41) is 19.5. The fourth-order valence-electron chi connectivity index (χ4n) is 1.62. The normalized spacial score (nSPS) is 10.5. The minimum absolute atomic E-state index is 0.0644. The van der Waals surface area contributed by atoms with Gasteiger partial charge in [-0.05, 0) is 28.7 Å². The second kappa shape index (κ2) is 5.14. The molecule has 19 heavy (non-hydrogen) atoms. The average Bonchev–Trinajstić information content (AvgIpc) is 2.78. The molecule has 0 aliphatic rings. The number of aromatic nitrogens is 2. The van der Waals surface area contributed by atoms with Crippen molar-refractivity contribution in [1.82, 2.24) is 9.55 Å². The Hall–Kier alpha value is -2.94. The molecule has 0 saturated heterocycles. The van der Waals surface area contributed by atoms with E-state index in [9.17, 15) is 10.1 Å². The van der Waals surface area contributed by atoms with Gasteiger partial charge < -0.3 is 10.1 Å². The smallest absolute Gasteiger partial charge is 0.342 e. The number of hydrogen-bond donors (Lipinski definition) is 0. The summed E-state index contributed by atoms with van der Waals surface area (Å²) in [7, 11) is 1.58. The summed E-state index contributed by atoms with van der Waals surface area (Å²) in [5.74, 6) is 0.416. The van der Waals surface area contributed by atoms with Crippen molar-refractivity contribution in [3.05, 3.63) is 57.5 Å². The van der Waals surface area contributed by atoms with E-state index in [4.69, 9.17) is 5.26 Å². The molecular weight excluding hydrogens is 244 g/mol. The highest BCUT2D eigenvalue weighted by atomic mass is 16.6. The molecule has 0 fully saturated rings. The van der Waals surface area contributed by atoms with Crippen LogP contribution in [0.2, 0.25) is 0 Å². The zero-order chi connectivity index (χ0) is 13.8. The first-order valence-electron chi connectivity index (χ1n) is 5.46. The van der Waals surface area contributed by atoms with Crippen LogP contribution in [0.15, 0.2) is 30.5 Å². The highest BCUT2D eigenvalue weighted by Gasteiger charge is 2.13. The number of nitrogens with zero attached hydrogens (tertiary/aromatic N) is 4. The topological polar surface area (TPSA) is 84.8 Å². The van der Waals surface area contributed by atoms with E-state index in [1.165, 1.54) is 10.8 Å². The van der Waals surface area contributed by atoms with E-state index in [-0.39, 0.29) is 5.82 Å². The molecule has 0 N–H and O–H groups in total. The summed E-state index contributed by atoms with van der Waals surface area (Å²) in [6.45, 7) is 0. The van der Waals surface area contributed by atoms with Gasteiger partial charge in [-0.3, -0.25) is 0 Å². The van der Waals surface area contributed by atoms with Crippen LogP contribution in [-0.2, 0) is 7.05 Å². The first-order chi connectivity index (χ1) is 9.11. The van der Waals surface area contributed by atoms with Gasteiger partial charge in [0.05, 0.1) is 18.7 Å². The molecule has 0 amide bonds. The Morgan fingerprint density at radius 1 is 1.47 bits per heavy atom. The molecule has 6 nitrogen and oxygen atoms in total. The fraction of sp³-hybridized carbons (Fsp3) is 0.0769. The van der Waals surface area contributed by atoms with Crippen molar-refractivity contribution in [3.63, 3.8) is 0 Å². The van der Waals surface area contributed by atoms with Crippen LogP contribution in [0.5, 0.6) is 0 Å². The van der Waals surface area contributed by atoms with Crippen LogP contribution in [0, 0.1) is 21.4 Å². The van der Waals surface area contributed by atoms with Crippen molar-refractivity contribution < 1.29 is 4.92 Å². The van der Waals surface area contributed by atoms with Crippen molar-refractivity contribution >= 4 is 18.0 Å². The van der Waals surface area contributed by atoms with Crippen LogP contribution in [0.3, 0.4) is 0 Å². The van der Waals surface area contributed by atoms with Gasteiger partial charge in [-0.2, -0.15) is 5.26 Å². The Morgan fingerprint density at radius 2 is 2.26 bits per heavy atom. The van der Waals surface area contributed by atoms with Crippen molar-refractivity contribution in [2.75, 3.05) is 0 Å². The lowest BCUT2D eigenvalue weighted by atomic mass is 10.1. The van der Waals surface area contributed by atoms with E-state index in [1.807, 2.05) is 6.07 Å². The van der Waals surface area contributed by atoms with E-state index in [2.05, 4.69) is 11.1 Å². The monoisotopic (exact) mass is 254 g/mol. The predicted molar refractivity (Wildman–Crippen MR) is 69.9 cm³/mol. The molecule has 1 aromatic carbocycles. The van der Waals surface area contributed by atoms with Gasteiger partial charge in [0, 0.05) is 6.08 Å². The summed E-state index contributed by atoms with van der Waals surface area (Å²) in [4.78, 5) is 14.2. The van der Waals surface area contributed by atoms with E-state index in [1.54, 1.807) is 37.4 Å². The number of nitriles is 1. The van der Waals surface area contributed by atoms with Gasteiger partial charge in [-0.15, -0.1) is 0 Å². The first-order valence-corrected chi connectivity index (χ1v) is 5.46. The highest BCUT2D eigenvalue weighted by molar-refractivity contribution is 5.68. The van der Waals surface area contributed by atoms with Gasteiger partial charge in [0.2, 0.25) is 5.82 Å². The summed E-state index contributed by atoms with van der Waals surface area (Å²) < 4.78 is 1.39. The third-order valence-electron chi connectivity index (χ3n) is 2.63. The zero-order valence-electron chi connectivity index (χ0n) is 10.1. The molecule has 1 heterocycles. The minimum atomic E-state index is -0.485. The molecule has 0 atom stereocenters. The van der Waals surface area contributed by atoms with E-state index in [0.29, 0.717) is 11.4 Å². The third-order valence-corrected chi connectivity index (χ3v) is 2.63. The van der Waals surface area contributed by atoms with Crippen LogP contribution < -0.4 is 0 Å². The highest BCUT2D eigenvalue weighted by Crippen LogP contribution is 2.14. The number of nitro groups is 1. The van der Waals surface area contributed by atoms with E-state index >= 15 is 0 Å². The van der Waals surface area contributed by atoms with Gasteiger partial charge in [-0.25, -0.2) is 9.55 Å². The third kappa shape index (κ3) is 2.66. The molecule has 0 spiro atoms. The molecule has 2 rings (SSSR count). The van der Waals surface area contributed by atoms with Crippen LogP contribution in [0.4, 0.5) is 5.82 Å².